The summed E-state index contributed by atoms with van der Waals surface area (Å²) >= 11 is 5.97. The van der Waals surface area contributed by atoms with Crippen LogP contribution in [0.2, 0.25) is 5.15 Å². The number of piperazine rings is 1. The van der Waals surface area contributed by atoms with Crippen LogP contribution < -0.4 is 10.2 Å². The Bertz CT molecular complexity index is 853. The third kappa shape index (κ3) is 4.62. The molecule has 1 N–H and O–H groups in total. The molecule has 0 radical (unpaired) electrons. The van der Waals surface area contributed by atoms with Gasteiger partial charge in [-0.15, -0.1) is 0 Å². The van der Waals surface area contributed by atoms with Crippen molar-refractivity contribution in [2.45, 2.75) is 20.8 Å². The van der Waals surface area contributed by atoms with Crippen molar-refractivity contribution in [3.05, 3.63) is 53.3 Å². The fourth-order valence-corrected chi connectivity index (χ4v) is 3.36. The number of nitrogens with one attached hydrogen (secondary N) is 1. The van der Waals surface area contributed by atoms with Crippen LogP contribution in [0.5, 0.6) is 0 Å². The first-order valence-electron chi connectivity index (χ1n) is 9.32. The molecule has 2 aromatic rings. The van der Waals surface area contributed by atoms with Crippen LogP contribution in [-0.2, 0) is 4.79 Å². The van der Waals surface area contributed by atoms with E-state index in [1.807, 2.05) is 49.9 Å². The predicted octanol–water partition coefficient (Wildman–Crippen LogP) is 3.68. The van der Waals surface area contributed by atoms with Crippen molar-refractivity contribution in [2.24, 2.45) is 5.41 Å². The van der Waals surface area contributed by atoms with E-state index in [2.05, 4.69) is 15.2 Å². The molecule has 0 aliphatic carbocycles. The lowest BCUT2D eigenvalue weighted by Gasteiger charge is -2.38. The molecule has 2 amide bonds. The summed E-state index contributed by atoms with van der Waals surface area (Å²) in [5.74, 6) is -0.0978. The van der Waals surface area contributed by atoms with Crippen molar-refractivity contribution < 1.29 is 9.59 Å². The average molecular weight is 401 g/mol. The highest BCUT2D eigenvalue weighted by molar-refractivity contribution is 6.33. The van der Waals surface area contributed by atoms with Gasteiger partial charge in [-0.1, -0.05) is 32.4 Å². The Morgan fingerprint density at radius 2 is 1.68 bits per heavy atom. The van der Waals surface area contributed by atoms with Gasteiger partial charge >= 0.3 is 0 Å². The summed E-state index contributed by atoms with van der Waals surface area (Å²) < 4.78 is 0. The molecule has 0 bridgehead atoms. The molecule has 1 aromatic carbocycles. The maximum absolute atomic E-state index is 12.4. The van der Waals surface area contributed by atoms with E-state index < -0.39 is 0 Å². The van der Waals surface area contributed by atoms with Gasteiger partial charge in [-0.05, 0) is 36.4 Å². The largest absolute Gasteiger partial charge is 0.368 e. The van der Waals surface area contributed by atoms with Crippen molar-refractivity contribution in [1.29, 1.82) is 0 Å². The zero-order valence-corrected chi connectivity index (χ0v) is 17.2. The Kier molecular flexibility index (Phi) is 5.89. The molecule has 0 saturated carbocycles. The minimum atomic E-state index is -0.348. The van der Waals surface area contributed by atoms with Gasteiger partial charge in [0.25, 0.3) is 5.91 Å². The first-order valence-corrected chi connectivity index (χ1v) is 9.70. The number of rotatable bonds is 3. The van der Waals surface area contributed by atoms with Crippen LogP contribution in [0.25, 0.3) is 0 Å². The Labute approximate surface area is 170 Å². The van der Waals surface area contributed by atoms with Gasteiger partial charge in [0.05, 0.1) is 5.56 Å². The molecule has 28 heavy (non-hydrogen) atoms. The van der Waals surface area contributed by atoms with E-state index in [0.717, 1.165) is 18.8 Å². The summed E-state index contributed by atoms with van der Waals surface area (Å²) in [6, 6.07) is 11.0. The molecule has 3 rings (SSSR count). The minimum Gasteiger partial charge on any atom is -0.368 e. The number of carbonyl (C=O) groups excluding carboxylic acids is 2. The van der Waals surface area contributed by atoms with E-state index in [1.165, 1.54) is 0 Å². The highest BCUT2D eigenvalue weighted by atomic mass is 35.5. The van der Waals surface area contributed by atoms with Crippen LogP contribution in [0, 0.1) is 5.41 Å². The van der Waals surface area contributed by atoms with Gasteiger partial charge in [0.1, 0.15) is 5.15 Å². The number of carbonyl (C=O) groups is 2. The number of anilines is 2. The highest BCUT2D eigenvalue weighted by Crippen LogP contribution is 2.23. The van der Waals surface area contributed by atoms with Crippen molar-refractivity contribution in [3.8, 4) is 0 Å². The lowest BCUT2D eigenvalue weighted by atomic mass is 9.94. The first-order chi connectivity index (χ1) is 13.3. The molecule has 6 nitrogen and oxygen atoms in total. The maximum Gasteiger partial charge on any atom is 0.258 e. The summed E-state index contributed by atoms with van der Waals surface area (Å²) in [7, 11) is 0. The zero-order chi connectivity index (χ0) is 20.3. The lowest BCUT2D eigenvalue weighted by molar-refractivity contribution is -0.139. The standard InChI is InChI=1S/C21H25ClN4O2/c1-21(2,3)20(28)26-13-11-25(12-14-26)16-8-6-15(7-9-16)24-19(27)17-5-4-10-23-18(17)22/h4-10H,11-14H2,1-3H3,(H,24,27). The van der Waals surface area contributed by atoms with E-state index in [4.69, 9.17) is 11.6 Å². The van der Waals surface area contributed by atoms with Crippen molar-refractivity contribution in [2.75, 3.05) is 36.4 Å². The summed E-state index contributed by atoms with van der Waals surface area (Å²) in [6.45, 7) is 8.87. The summed E-state index contributed by atoms with van der Waals surface area (Å²) in [6.07, 6.45) is 1.54. The van der Waals surface area contributed by atoms with Crippen molar-refractivity contribution in [3.63, 3.8) is 0 Å². The van der Waals surface area contributed by atoms with Crippen molar-refractivity contribution >= 4 is 34.8 Å². The predicted molar refractivity (Wildman–Crippen MR) is 112 cm³/mol. The molecule has 0 spiro atoms. The number of halogens is 1. The van der Waals surface area contributed by atoms with Gasteiger partial charge in [0, 0.05) is 49.2 Å². The maximum atomic E-state index is 12.4. The van der Waals surface area contributed by atoms with Crippen LogP contribution in [0.15, 0.2) is 42.6 Å². The molecule has 148 valence electrons. The monoisotopic (exact) mass is 400 g/mol. The third-order valence-electron chi connectivity index (χ3n) is 4.70. The Balaban J connectivity index is 1.59. The Hall–Kier alpha value is -2.60. The number of amides is 2. The quantitative estimate of drug-likeness (QED) is 0.798. The van der Waals surface area contributed by atoms with Gasteiger partial charge in [0.2, 0.25) is 5.91 Å². The van der Waals surface area contributed by atoms with E-state index >= 15 is 0 Å². The number of pyridine rings is 1. The smallest absolute Gasteiger partial charge is 0.258 e. The van der Waals surface area contributed by atoms with Crippen LogP contribution in [0.1, 0.15) is 31.1 Å². The molecule has 1 aromatic heterocycles. The molecule has 2 heterocycles. The second-order valence-corrected chi connectivity index (χ2v) is 8.23. The number of nitrogens with zero attached hydrogens (tertiary/aromatic N) is 3. The van der Waals surface area contributed by atoms with Crippen molar-refractivity contribution in [1.82, 2.24) is 9.88 Å². The third-order valence-corrected chi connectivity index (χ3v) is 5.00. The number of hydrogen-bond donors (Lipinski definition) is 1. The van der Waals surface area contributed by atoms with Gasteiger partial charge in [-0.25, -0.2) is 4.98 Å². The number of hydrogen-bond acceptors (Lipinski definition) is 4. The zero-order valence-electron chi connectivity index (χ0n) is 16.4. The van der Waals surface area contributed by atoms with Crippen LogP contribution in [0.3, 0.4) is 0 Å². The fraction of sp³-hybridized carbons (Fsp3) is 0.381. The van der Waals surface area contributed by atoms with Gasteiger partial charge < -0.3 is 15.1 Å². The Morgan fingerprint density at radius 1 is 1.04 bits per heavy atom. The van der Waals surface area contributed by atoms with E-state index in [1.54, 1.807) is 18.3 Å². The summed E-state index contributed by atoms with van der Waals surface area (Å²) in [5, 5.41) is 3.01. The molecule has 7 heteroatoms. The number of aromatic nitrogens is 1. The van der Waals surface area contributed by atoms with Crippen LogP contribution >= 0.6 is 11.6 Å². The van der Waals surface area contributed by atoms with Gasteiger partial charge in [0.15, 0.2) is 0 Å². The topological polar surface area (TPSA) is 65.5 Å². The number of benzene rings is 1. The second-order valence-electron chi connectivity index (χ2n) is 7.87. The first kappa shape index (κ1) is 20.1. The lowest BCUT2D eigenvalue weighted by Crippen LogP contribution is -2.51. The summed E-state index contributed by atoms with van der Waals surface area (Å²) in [4.78, 5) is 32.8. The van der Waals surface area contributed by atoms with Crippen LogP contribution in [0.4, 0.5) is 11.4 Å². The van der Waals surface area contributed by atoms with Gasteiger partial charge in [-0.3, -0.25) is 9.59 Å². The average Bonchev–Trinajstić information content (AvgIpc) is 2.68. The molecular formula is C21H25ClN4O2. The SMILES string of the molecule is CC(C)(C)C(=O)N1CCN(c2ccc(NC(=O)c3cccnc3Cl)cc2)CC1. The minimum absolute atomic E-state index is 0.180. The van der Waals surface area contributed by atoms with E-state index in [-0.39, 0.29) is 22.4 Å². The molecular weight excluding hydrogens is 376 g/mol. The molecule has 1 fully saturated rings. The molecule has 1 aliphatic heterocycles. The van der Waals surface area contributed by atoms with Gasteiger partial charge in [-0.2, -0.15) is 0 Å². The molecule has 0 unspecified atom stereocenters. The van der Waals surface area contributed by atoms with E-state index in [0.29, 0.717) is 24.3 Å². The second kappa shape index (κ2) is 8.19. The molecule has 0 atom stereocenters. The molecule has 1 saturated heterocycles. The highest BCUT2D eigenvalue weighted by Gasteiger charge is 2.29. The van der Waals surface area contributed by atoms with Crippen LogP contribution in [-0.4, -0.2) is 47.9 Å². The fourth-order valence-electron chi connectivity index (χ4n) is 3.15. The molecule has 1 aliphatic rings. The Morgan fingerprint density at radius 3 is 2.25 bits per heavy atom. The normalized spacial score (nSPS) is 14.7. The summed E-state index contributed by atoms with van der Waals surface area (Å²) in [5.41, 5.74) is 1.75. The van der Waals surface area contributed by atoms with E-state index in [9.17, 15) is 9.59 Å².